The third-order valence-corrected chi connectivity index (χ3v) is 3.83. The molecule has 0 aliphatic carbocycles. The number of piperidine rings is 1. The zero-order valence-corrected chi connectivity index (χ0v) is 12.3. The predicted octanol–water partition coefficient (Wildman–Crippen LogP) is -0.647. The summed E-state index contributed by atoms with van der Waals surface area (Å²) in [5.74, 6) is 1.20. The molecule has 1 aliphatic heterocycles. The summed E-state index contributed by atoms with van der Waals surface area (Å²) in [6.07, 6.45) is 3.14. The summed E-state index contributed by atoms with van der Waals surface area (Å²) in [4.78, 5) is 10.8. The first-order chi connectivity index (χ1) is 10.1. The fraction of sp³-hybridized carbons (Fsp3) is 0.769. The average Bonchev–Trinajstić information content (AvgIpc) is 2.91. The summed E-state index contributed by atoms with van der Waals surface area (Å²) >= 11 is 0. The predicted molar refractivity (Wildman–Crippen MR) is 75.7 cm³/mol. The van der Waals surface area contributed by atoms with E-state index in [1.54, 1.807) is 6.33 Å². The van der Waals surface area contributed by atoms with Crippen molar-refractivity contribution in [2.24, 2.45) is 5.92 Å². The van der Waals surface area contributed by atoms with Crippen LogP contribution in [0, 0.1) is 12.8 Å². The minimum Gasteiger partial charge on any atom is -0.483 e. The van der Waals surface area contributed by atoms with Gasteiger partial charge in [-0.2, -0.15) is 0 Å². The van der Waals surface area contributed by atoms with E-state index in [9.17, 15) is 5.11 Å². The fourth-order valence-electron chi connectivity index (χ4n) is 2.49. The van der Waals surface area contributed by atoms with Gasteiger partial charge in [0.25, 0.3) is 6.47 Å². The van der Waals surface area contributed by atoms with E-state index < -0.39 is 6.10 Å². The van der Waals surface area contributed by atoms with Crippen LogP contribution in [0.4, 0.5) is 0 Å². The van der Waals surface area contributed by atoms with Crippen molar-refractivity contribution in [2.75, 3.05) is 26.2 Å². The monoisotopic (exact) mass is 300 g/mol. The van der Waals surface area contributed by atoms with Crippen molar-refractivity contribution >= 4 is 6.47 Å². The van der Waals surface area contributed by atoms with Gasteiger partial charge >= 0.3 is 0 Å². The Balaban J connectivity index is 0.000000677. The third-order valence-electron chi connectivity index (χ3n) is 3.83. The highest BCUT2D eigenvalue weighted by atomic mass is 16.3. The van der Waals surface area contributed by atoms with Crippen LogP contribution in [0.2, 0.25) is 0 Å². The lowest BCUT2D eigenvalue weighted by Gasteiger charge is -2.33. The molecule has 0 amide bonds. The topological polar surface area (TPSA) is 112 Å². The molecule has 2 rings (SSSR count). The molecule has 1 atom stereocenters. The smallest absolute Gasteiger partial charge is 0.290 e. The highest BCUT2D eigenvalue weighted by Gasteiger charge is 2.24. The van der Waals surface area contributed by atoms with E-state index in [0.717, 1.165) is 44.8 Å². The van der Waals surface area contributed by atoms with Crippen molar-refractivity contribution in [1.29, 1.82) is 0 Å². The molecule has 0 aromatic carbocycles. The van der Waals surface area contributed by atoms with Gasteiger partial charge in [0.1, 0.15) is 12.2 Å². The number of aryl methyl sites for hydroxylation is 1. The van der Waals surface area contributed by atoms with E-state index in [1.807, 2.05) is 6.92 Å². The highest BCUT2D eigenvalue weighted by molar-refractivity contribution is 5.32. The second kappa shape index (κ2) is 9.43. The zero-order valence-electron chi connectivity index (χ0n) is 12.3. The van der Waals surface area contributed by atoms with Crippen LogP contribution in [0.3, 0.4) is 0 Å². The van der Waals surface area contributed by atoms with Crippen LogP contribution in [0.25, 0.3) is 0 Å². The van der Waals surface area contributed by atoms with Crippen LogP contribution in [0.1, 0.15) is 18.7 Å². The van der Waals surface area contributed by atoms with E-state index in [4.69, 9.17) is 15.0 Å². The first-order valence-electron chi connectivity index (χ1n) is 7.05. The standard InChI is InChI=1S/C12H22N4O2.CH2O2/c1-10-14-13-9-16(10)7-6-15-4-2-11(3-5-15)12(18)8-17;2-1-3/h9,11-12,17-18H,2-8H2,1H3;1H,(H,2,3). The number of aromatic nitrogens is 3. The van der Waals surface area contributed by atoms with Crippen molar-refractivity contribution in [3.05, 3.63) is 12.2 Å². The molecule has 3 N–H and O–H groups in total. The van der Waals surface area contributed by atoms with Gasteiger partial charge in [0.05, 0.1) is 12.7 Å². The van der Waals surface area contributed by atoms with Gasteiger partial charge in [-0.05, 0) is 38.8 Å². The number of carbonyl (C=O) groups is 1. The summed E-state index contributed by atoms with van der Waals surface area (Å²) in [6.45, 7) is 5.46. The van der Waals surface area contributed by atoms with Crippen molar-refractivity contribution in [3.8, 4) is 0 Å². The lowest BCUT2D eigenvalue weighted by molar-refractivity contribution is -0.122. The number of rotatable bonds is 5. The fourth-order valence-corrected chi connectivity index (χ4v) is 2.49. The quantitative estimate of drug-likeness (QED) is 0.620. The Kier molecular flexibility index (Phi) is 7.88. The van der Waals surface area contributed by atoms with Crippen LogP contribution < -0.4 is 0 Å². The molecule has 0 radical (unpaired) electrons. The minimum atomic E-state index is -0.549. The van der Waals surface area contributed by atoms with Crippen LogP contribution >= 0.6 is 0 Å². The maximum absolute atomic E-state index is 9.60. The van der Waals surface area contributed by atoms with Gasteiger partial charge in [0.2, 0.25) is 0 Å². The molecule has 1 saturated heterocycles. The van der Waals surface area contributed by atoms with Crippen LogP contribution in [-0.2, 0) is 11.3 Å². The number of hydrogen-bond donors (Lipinski definition) is 3. The molecule has 1 aliphatic rings. The van der Waals surface area contributed by atoms with Crippen LogP contribution in [0.15, 0.2) is 6.33 Å². The second-order valence-electron chi connectivity index (χ2n) is 5.11. The third kappa shape index (κ3) is 5.78. The summed E-state index contributed by atoms with van der Waals surface area (Å²) < 4.78 is 2.05. The zero-order chi connectivity index (χ0) is 15.7. The molecular formula is C13H24N4O4. The molecule has 1 aromatic rings. The normalized spacial score (nSPS) is 17.9. The Morgan fingerprint density at radius 1 is 1.43 bits per heavy atom. The van der Waals surface area contributed by atoms with Gasteiger partial charge < -0.3 is 24.8 Å². The molecule has 21 heavy (non-hydrogen) atoms. The summed E-state index contributed by atoms with van der Waals surface area (Å²) in [7, 11) is 0. The molecule has 2 heterocycles. The van der Waals surface area contributed by atoms with E-state index >= 15 is 0 Å². The molecule has 1 fully saturated rings. The lowest BCUT2D eigenvalue weighted by atomic mass is 9.91. The van der Waals surface area contributed by atoms with E-state index in [1.165, 1.54) is 0 Å². The van der Waals surface area contributed by atoms with Crippen LogP contribution in [0.5, 0.6) is 0 Å². The first-order valence-corrected chi connectivity index (χ1v) is 7.05. The Bertz CT molecular complexity index is 405. The summed E-state index contributed by atoms with van der Waals surface area (Å²) in [6, 6.07) is 0. The van der Waals surface area contributed by atoms with Crippen molar-refractivity contribution in [1.82, 2.24) is 19.7 Å². The van der Waals surface area contributed by atoms with E-state index in [-0.39, 0.29) is 19.0 Å². The van der Waals surface area contributed by atoms with E-state index in [0.29, 0.717) is 0 Å². The number of hydrogen-bond acceptors (Lipinski definition) is 6. The molecule has 1 aromatic heterocycles. The van der Waals surface area contributed by atoms with Crippen LogP contribution in [-0.4, -0.2) is 73.8 Å². The maximum Gasteiger partial charge on any atom is 0.290 e. The Hall–Kier alpha value is -1.51. The molecule has 120 valence electrons. The van der Waals surface area contributed by atoms with Crippen molar-refractivity contribution in [2.45, 2.75) is 32.4 Å². The second-order valence-corrected chi connectivity index (χ2v) is 5.11. The molecule has 0 spiro atoms. The molecule has 0 saturated carbocycles. The van der Waals surface area contributed by atoms with Gasteiger partial charge in [-0.15, -0.1) is 10.2 Å². The lowest BCUT2D eigenvalue weighted by Crippen LogP contribution is -2.40. The Morgan fingerprint density at radius 2 is 2.05 bits per heavy atom. The Morgan fingerprint density at radius 3 is 2.52 bits per heavy atom. The van der Waals surface area contributed by atoms with E-state index in [2.05, 4.69) is 19.7 Å². The Labute approximate surface area is 124 Å². The summed E-state index contributed by atoms with van der Waals surface area (Å²) in [5.41, 5.74) is 0. The first kappa shape index (κ1) is 17.5. The largest absolute Gasteiger partial charge is 0.483 e. The SMILES string of the molecule is Cc1nncn1CCN1CCC(C(O)CO)CC1.O=CO. The van der Waals surface area contributed by atoms with Crippen molar-refractivity contribution < 1.29 is 20.1 Å². The molecule has 0 bridgehead atoms. The number of likely N-dealkylation sites (tertiary alicyclic amines) is 1. The number of aliphatic hydroxyl groups excluding tert-OH is 2. The van der Waals surface area contributed by atoms with Crippen molar-refractivity contribution in [3.63, 3.8) is 0 Å². The highest BCUT2D eigenvalue weighted by Crippen LogP contribution is 2.20. The summed E-state index contributed by atoms with van der Waals surface area (Å²) in [5, 5.41) is 33.2. The van der Waals surface area contributed by atoms with Gasteiger partial charge in [-0.1, -0.05) is 0 Å². The molecule has 8 nitrogen and oxygen atoms in total. The molecule has 8 heteroatoms. The number of nitrogens with zero attached hydrogens (tertiary/aromatic N) is 4. The molecule has 1 unspecified atom stereocenters. The van der Waals surface area contributed by atoms with Gasteiger partial charge in [-0.3, -0.25) is 4.79 Å². The van der Waals surface area contributed by atoms with Gasteiger partial charge in [-0.25, -0.2) is 0 Å². The minimum absolute atomic E-state index is 0.120. The number of carboxylic acid groups (broad SMARTS) is 1. The van der Waals surface area contributed by atoms with Gasteiger partial charge in [0.15, 0.2) is 0 Å². The van der Waals surface area contributed by atoms with Gasteiger partial charge in [0, 0.05) is 13.1 Å². The maximum atomic E-state index is 9.60. The average molecular weight is 300 g/mol. The molecular weight excluding hydrogens is 276 g/mol. The number of aliphatic hydroxyl groups is 2.